The number of hydrogen-bond donors (Lipinski definition) is 2. The summed E-state index contributed by atoms with van der Waals surface area (Å²) in [6.07, 6.45) is 4.75. The lowest BCUT2D eigenvalue weighted by Gasteiger charge is -2.31. The summed E-state index contributed by atoms with van der Waals surface area (Å²) in [5.74, 6) is 0.595. The molecule has 4 nitrogen and oxygen atoms in total. The molecule has 0 saturated heterocycles. The van der Waals surface area contributed by atoms with Gasteiger partial charge in [-0.1, -0.05) is 0 Å². The van der Waals surface area contributed by atoms with E-state index < -0.39 is 0 Å². The van der Waals surface area contributed by atoms with Crippen molar-refractivity contribution in [1.82, 2.24) is 5.32 Å². The van der Waals surface area contributed by atoms with Crippen molar-refractivity contribution in [3.05, 3.63) is 0 Å². The highest BCUT2D eigenvalue weighted by molar-refractivity contribution is 5.96. The Morgan fingerprint density at radius 3 is 2.38 bits per heavy atom. The topological polar surface area (TPSA) is 66.4 Å². The maximum absolute atomic E-state index is 11.7. The van der Waals surface area contributed by atoms with E-state index in [1.165, 1.54) is 0 Å². The first-order chi connectivity index (χ1) is 7.69. The van der Waals surface area contributed by atoms with Gasteiger partial charge in [0.05, 0.1) is 5.92 Å². The summed E-state index contributed by atoms with van der Waals surface area (Å²) in [6.45, 7) is 0.262. The van der Waals surface area contributed by atoms with E-state index >= 15 is 0 Å². The number of Topliss-reactive ketones (excluding diaryl/α,β-unsaturated/α-hetero) is 1. The summed E-state index contributed by atoms with van der Waals surface area (Å²) in [5.41, 5.74) is 0. The van der Waals surface area contributed by atoms with Gasteiger partial charge in [-0.3, -0.25) is 9.59 Å². The number of carbonyl (C=O) groups is 2. The van der Waals surface area contributed by atoms with E-state index in [1.54, 1.807) is 0 Å². The van der Waals surface area contributed by atoms with Crippen molar-refractivity contribution >= 4 is 11.7 Å². The van der Waals surface area contributed by atoms with Crippen LogP contribution in [0.25, 0.3) is 0 Å². The third-order valence-electron chi connectivity index (χ3n) is 3.77. The average molecular weight is 225 g/mol. The first-order valence-electron chi connectivity index (χ1n) is 6.12. The van der Waals surface area contributed by atoms with Crippen LogP contribution in [-0.2, 0) is 9.59 Å². The molecule has 16 heavy (non-hydrogen) atoms. The molecule has 2 aliphatic carbocycles. The fraction of sp³-hybridized carbons (Fsp3) is 0.833. The lowest BCUT2D eigenvalue weighted by molar-refractivity contribution is -0.138. The largest absolute Gasteiger partial charge is 0.396 e. The normalized spacial score (nSPS) is 30.9. The van der Waals surface area contributed by atoms with Crippen molar-refractivity contribution in [1.29, 1.82) is 0 Å². The van der Waals surface area contributed by atoms with Crippen molar-refractivity contribution < 1.29 is 14.7 Å². The molecule has 0 aromatic heterocycles. The Bertz CT molecular complexity index is 274. The van der Waals surface area contributed by atoms with Crippen LogP contribution in [0.15, 0.2) is 0 Å². The van der Waals surface area contributed by atoms with Crippen molar-refractivity contribution in [3.8, 4) is 0 Å². The minimum atomic E-state index is -0.0666. The lowest BCUT2D eigenvalue weighted by Crippen LogP contribution is -2.45. The van der Waals surface area contributed by atoms with Crippen LogP contribution in [0.2, 0.25) is 0 Å². The Morgan fingerprint density at radius 1 is 1.25 bits per heavy atom. The third-order valence-corrected chi connectivity index (χ3v) is 3.77. The van der Waals surface area contributed by atoms with Gasteiger partial charge >= 0.3 is 0 Å². The average Bonchev–Trinajstić information content (AvgIpc) is 2.26. The van der Waals surface area contributed by atoms with Gasteiger partial charge in [0.25, 0.3) is 0 Å². The summed E-state index contributed by atoms with van der Waals surface area (Å²) in [5, 5.41) is 12.0. The molecule has 2 rings (SSSR count). The fourth-order valence-corrected chi connectivity index (χ4v) is 2.48. The van der Waals surface area contributed by atoms with Gasteiger partial charge in [-0.15, -0.1) is 0 Å². The molecule has 2 fully saturated rings. The smallest absolute Gasteiger partial charge is 0.224 e. The Hall–Kier alpha value is -0.900. The molecular formula is C12H19NO3. The molecule has 90 valence electrons. The zero-order chi connectivity index (χ0) is 11.5. The van der Waals surface area contributed by atoms with Crippen LogP contribution in [-0.4, -0.2) is 29.4 Å². The second-order valence-electron chi connectivity index (χ2n) is 5.05. The summed E-state index contributed by atoms with van der Waals surface area (Å²) >= 11 is 0. The molecule has 2 aliphatic rings. The predicted molar refractivity (Wildman–Crippen MR) is 58.7 cm³/mol. The van der Waals surface area contributed by atoms with Crippen LogP contribution in [0.4, 0.5) is 0 Å². The van der Waals surface area contributed by atoms with Crippen LogP contribution in [0.5, 0.6) is 0 Å². The van der Waals surface area contributed by atoms with Gasteiger partial charge in [-0.2, -0.15) is 0 Å². The van der Waals surface area contributed by atoms with Crippen molar-refractivity contribution in [2.75, 3.05) is 6.61 Å². The monoisotopic (exact) mass is 225 g/mol. The molecule has 2 saturated carbocycles. The van der Waals surface area contributed by atoms with E-state index in [9.17, 15) is 9.59 Å². The highest BCUT2D eigenvalue weighted by Gasteiger charge is 2.34. The summed E-state index contributed by atoms with van der Waals surface area (Å²) in [6, 6.07) is 0.256. The minimum absolute atomic E-state index is 0.0482. The predicted octanol–water partition coefficient (Wildman–Crippen LogP) is 0.633. The fourth-order valence-electron chi connectivity index (χ4n) is 2.48. The molecule has 0 unspecified atom stereocenters. The summed E-state index contributed by atoms with van der Waals surface area (Å²) in [4.78, 5) is 22.5. The maximum Gasteiger partial charge on any atom is 0.224 e. The second kappa shape index (κ2) is 4.95. The number of amides is 1. The molecule has 0 aliphatic heterocycles. The Kier molecular flexibility index (Phi) is 3.59. The summed E-state index contributed by atoms with van der Waals surface area (Å²) < 4.78 is 0. The molecule has 1 amide bonds. The van der Waals surface area contributed by atoms with Crippen LogP contribution in [0, 0.1) is 11.8 Å². The first kappa shape index (κ1) is 11.6. The molecule has 0 radical (unpaired) electrons. The molecular weight excluding hydrogens is 206 g/mol. The van der Waals surface area contributed by atoms with Gasteiger partial charge in [-0.05, 0) is 31.6 Å². The number of ketones is 1. The number of aliphatic hydroxyl groups is 1. The molecule has 0 heterocycles. The molecule has 0 atom stereocenters. The Labute approximate surface area is 95.4 Å². The first-order valence-corrected chi connectivity index (χ1v) is 6.12. The summed E-state index contributed by atoms with van der Waals surface area (Å²) in [7, 11) is 0. The van der Waals surface area contributed by atoms with Gasteiger partial charge in [-0.25, -0.2) is 0 Å². The zero-order valence-electron chi connectivity index (χ0n) is 9.45. The molecule has 2 N–H and O–H groups in total. The van der Waals surface area contributed by atoms with E-state index in [1.807, 2.05) is 0 Å². The number of aliphatic hydroxyl groups excluding tert-OH is 1. The Balaban J connectivity index is 1.70. The highest BCUT2D eigenvalue weighted by Crippen LogP contribution is 2.26. The Morgan fingerprint density at radius 2 is 1.88 bits per heavy atom. The zero-order valence-corrected chi connectivity index (χ0v) is 9.45. The SMILES string of the molecule is O=C1CC(C(=O)NC2CCC(CO)CC2)C1. The van der Waals surface area contributed by atoms with Crippen LogP contribution >= 0.6 is 0 Å². The van der Waals surface area contributed by atoms with Crippen molar-refractivity contribution in [3.63, 3.8) is 0 Å². The standard InChI is InChI=1S/C12H19NO3/c14-7-8-1-3-10(4-2-8)13-12(16)9-5-11(15)6-9/h8-10,14H,1-7H2,(H,13,16). The van der Waals surface area contributed by atoms with Gasteiger partial charge in [0, 0.05) is 25.5 Å². The highest BCUT2D eigenvalue weighted by atomic mass is 16.3. The van der Waals surface area contributed by atoms with Crippen LogP contribution in [0.1, 0.15) is 38.5 Å². The van der Waals surface area contributed by atoms with E-state index in [-0.39, 0.29) is 30.3 Å². The number of hydrogen-bond acceptors (Lipinski definition) is 3. The van der Waals surface area contributed by atoms with Gasteiger partial charge in [0.2, 0.25) is 5.91 Å². The van der Waals surface area contributed by atoms with E-state index in [4.69, 9.17) is 5.11 Å². The lowest BCUT2D eigenvalue weighted by atomic mass is 9.82. The van der Waals surface area contributed by atoms with E-state index in [2.05, 4.69) is 5.32 Å². The number of rotatable bonds is 3. The van der Waals surface area contributed by atoms with Gasteiger partial charge < -0.3 is 10.4 Å². The van der Waals surface area contributed by atoms with E-state index in [0.29, 0.717) is 18.8 Å². The van der Waals surface area contributed by atoms with Crippen LogP contribution < -0.4 is 5.32 Å². The molecule has 0 bridgehead atoms. The molecule has 4 heteroatoms. The maximum atomic E-state index is 11.7. The van der Waals surface area contributed by atoms with Crippen LogP contribution in [0.3, 0.4) is 0 Å². The van der Waals surface area contributed by atoms with Crippen molar-refractivity contribution in [2.45, 2.75) is 44.6 Å². The second-order valence-corrected chi connectivity index (χ2v) is 5.05. The number of nitrogens with one attached hydrogen (secondary N) is 1. The minimum Gasteiger partial charge on any atom is -0.396 e. The van der Waals surface area contributed by atoms with Crippen molar-refractivity contribution in [2.24, 2.45) is 11.8 Å². The van der Waals surface area contributed by atoms with Gasteiger partial charge in [0.15, 0.2) is 0 Å². The number of carbonyl (C=O) groups excluding carboxylic acids is 2. The molecule has 0 spiro atoms. The van der Waals surface area contributed by atoms with E-state index in [0.717, 1.165) is 25.7 Å². The quantitative estimate of drug-likeness (QED) is 0.740. The molecule has 0 aromatic rings. The third kappa shape index (κ3) is 2.61. The molecule has 0 aromatic carbocycles. The van der Waals surface area contributed by atoms with Gasteiger partial charge in [0.1, 0.15) is 5.78 Å².